The molecule has 2 bridgehead atoms. The molecule has 0 aromatic carbocycles. The van der Waals surface area contributed by atoms with Crippen LogP contribution in [0.1, 0.15) is 12.8 Å². The zero-order chi connectivity index (χ0) is 6.01. The number of ether oxygens (including phenoxy) is 1. The Morgan fingerprint density at radius 2 is 2.11 bits per heavy atom. The molecule has 50 valence electrons. The van der Waals surface area contributed by atoms with E-state index in [0.717, 1.165) is 18.3 Å². The lowest BCUT2D eigenvalue weighted by Crippen LogP contribution is -2.32. The van der Waals surface area contributed by atoms with Gasteiger partial charge in [-0.05, 0) is 24.7 Å². The smallest absolute Gasteiger partial charge is 0.0762 e. The van der Waals surface area contributed by atoms with E-state index in [1.807, 2.05) is 0 Å². The molecule has 1 aliphatic carbocycles. The average molecular weight is 125 g/mol. The maximum absolute atomic E-state index is 5.81. The highest BCUT2D eigenvalue weighted by atomic mass is 16.5. The van der Waals surface area contributed by atoms with Crippen LogP contribution in [0.2, 0.25) is 0 Å². The van der Waals surface area contributed by atoms with E-state index in [0.29, 0.717) is 18.2 Å². The van der Waals surface area contributed by atoms with Gasteiger partial charge in [0.15, 0.2) is 0 Å². The van der Waals surface area contributed by atoms with Crippen LogP contribution < -0.4 is 5.73 Å². The van der Waals surface area contributed by atoms with Crippen molar-refractivity contribution in [3.63, 3.8) is 0 Å². The maximum Gasteiger partial charge on any atom is 0.0762 e. The Morgan fingerprint density at radius 3 is 2.67 bits per heavy atom. The minimum Gasteiger partial charge on any atom is -0.373 e. The molecule has 2 N–H and O–H groups in total. The van der Waals surface area contributed by atoms with E-state index in [2.05, 4.69) is 0 Å². The summed E-state index contributed by atoms with van der Waals surface area (Å²) in [4.78, 5) is 0. The second kappa shape index (κ2) is 1.18. The summed E-state index contributed by atoms with van der Waals surface area (Å²) in [5.74, 6) is 1.80. The van der Waals surface area contributed by atoms with E-state index < -0.39 is 0 Å². The summed E-state index contributed by atoms with van der Waals surface area (Å²) >= 11 is 0. The van der Waals surface area contributed by atoms with Gasteiger partial charge in [-0.2, -0.15) is 0 Å². The summed E-state index contributed by atoms with van der Waals surface area (Å²) in [6, 6.07) is 0.374. The van der Waals surface area contributed by atoms with E-state index in [1.165, 1.54) is 6.42 Å². The summed E-state index contributed by atoms with van der Waals surface area (Å²) in [6.07, 6.45) is 3.56. The van der Waals surface area contributed by atoms with Gasteiger partial charge < -0.3 is 10.5 Å². The topological polar surface area (TPSA) is 35.2 Å². The van der Waals surface area contributed by atoms with Crippen LogP contribution in [0.25, 0.3) is 0 Å². The number of hydrogen-bond acceptors (Lipinski definition) is 2. The van der Waals surface area contributed by atoms with Crippen molar-refractivity contribution in [2.45, 2.75) is 31.1 Å². The zero-order valence-electron chi connectivity index (χ0n) is 5.29. The van der Waals surface area contributed by atoms with Crippen molar-refractivity contribution in [3.8, 4) is 0 Å². The first-order chi connectivity index (χ1) is 4.36. The van der Waals surface area contributed by atoms with E-state index in [4.69, 9.17) is 10.5 Å². The monoisotopic (exact) mass is 125 g/mol. The lowest BCUT2D eigenvalue weighted by atomic mass is 9.97. The molecule has 0 radical (unpaired) electrons. The van der Waals surface area contributed by atoms with Gasteiger partial charge in [-0.25, -0.2) is 0 Å². The summed E-state index contributed by atoms with van der Waals surface area (Å²) in [6.45, 7) is 0. The van der Waals surface area contributed by atoms with Crippen LogP contribution in [0.5, 0.6) is 0 Å². The van der Waals surface area contributed by atoms with E-state index in [9.17, 15) is 0 Å². The van der Waals surface area contributed by atoms with Crippen molar-refractivity contribution >= 4 is 0 Å². The number of hydrogen-bond donors (Lipinski definition) is 1. The van der Waals surface area contributed by atoms with Gasteiger partial charge in [0.25, 0.3) is 0 Å². The minimum atomic E-state index is 0.374. The number of nitrogens with two attached hydrogens (primary N) is 1. The molecule has 2 heteroatoms. The first kappa shape index (κ1) is 4.69. The standard InChI is InChI=1S/C7H11NO/c8-5-2-6-3-1-4(3)7(5)9-6/h3-7H,1-2,8H2/t3-,4+,5?,6+,7+/m1/s1. The first-order valence-corrected chi connectivity index (χ1v) is 3.77. The third kappa shape index (κ3) is 0.413. The van der Waals surface area contributed by atoms with Gasteiger partial charge in [0, 0.05) is 6.04 Å². The van der Waals surface area contributed by atoms with Crippen LogP contribution in [0, 0.1) is 11.8 Å². The van der Waals surface area contributed by atoms with Crippen LogP contribution >= 0.6 is 0 Å². The molecule has 0 amide bonds. The molecule has 2 heterocycles. The van der Waals surface area contributed by atoms with Gasteiger partial charge >= 0.3 is 0 Å². The molecular weight excluding hydrogens is 114 g/mol. The average Bonchev–Trinajstić information content (AvgIpc) is 2.46. The predicted molar refractivity (Wildman–Crippen MR) is 32.9 cm³/mol. The highest BCUT2D eigenvalue weighted by Crippen LogP contribution is 2.58. The van der Waals surface area contributed by atoms with Gasteiger partial charge in [-0.3, -0.25) is 0 Å². The molecule has 0 aromatic rings. The van der Waals surface area contributed by atoms with Crippen molar-refractivity contribution < 1.29 is 4.74 Å². The number of rotatable bonds is 0. The Morgan fingerprint density at radius 1 is 1.22 bits per heavy atom. The van der Waals surface area contributed by atoms with Crippen molar-refractivity contribution in [1.29, 1.82) is 0 Å². The fraction of sp³-hybridized carbons (Fsp3) is 1.00. The second-order valence-corrected chi connectivity index (χ2v) is 3.60. The van der Waals surface area contributed by atoms with E-state index >= 15 is 0 Å². The van der Waals surface area contributed by atoms with Crippen LogP contribution in [0.15, 0.2) is 0 Å². The molecule has 3 fully saturated rings. The molecule has 1 unspecified atom stereocenters. The number of fused-ring (bicyclic) bond motifs is 5. The molecule has 9 heavy (non-hydrogen) atoms. The molecule has 5 atom stereocenters. The second-order valence-electron chi connectivity index (χ2n) is 3.60. The van der Waals surface area contributed by atoms with Gasteiger partial charge in [0.1, 0.15) is 0 Å². The zero-order valence-corrected chi connectivity index (χ0v) is 5.29. The van der Waals surface area contributed by atoms with Gasteiger partial charge in [-0.15, -0.1) is 0 Å². The fourth-order valence-corrected chi connectivity index (χ4v) is 2.50. The Bertz CT molecular complexity index is 155. The Labute approximate surface area is 54.4 Å². The molecule has 3 aliphatic rings. The van der Waals surface area contributed by atoms with Gasteiger partial charge in [0.05, 0.1) is 12.2 Å². The lowest BCUT2D eigenvalue weighted by molar-refractivity contribution is 0.0690. The normalized spacial score (nSPS) is 68.3. The van der Waals surface area contributed by atoms with Crippen molar-refractivity contribution in [3.05, 3.63) is 0 Å². The molecule has 0 spiro atoms. The van der Waals surface area contributed by atoms with Gasteiger partial charge in [-0.1, -0.05) is 0 Å². The van der Waals surface area contributed by atoms with Crippen molar-refractivity contribution in [2.75, 3.05) is 0 Å². The minimum absolute atomic E-state index is 0.374. The molecule has 3 rings (SSSR count). The van der Waals surface area contributed by atoms with Gasteiger partial charge in [0.2, 0.25) is 0 Å². The molecule has 0 aromatic heterocycles. The van der Waals surface area contributed by atoms with E-state index in [1.54, 1.807) is 0 Å². The van der Waals surface area contributed by atoms with Crippen molar-refractivity contribution in [1.82, 2.24) is 0 Å². The largest absolute Gasteiger partial charge is 0.373 e. The van der Waals surface area contributed by atoms with E-state index in [-0.39, 0.29) is 0 Å². The van der Waals surface area contributed by atoms with Crippen molar-refractivity contribution in [2.24, 2.45) is 17.6 Å². The summed E-state index contributed by atoms with van der Waals surface area (Å²) in [5.41, 5.74) is 5.81. The Balaban J connectivity index is 1.96. The Kier molecular flexibility index (Phi) is 0.616. The first-order valence-electron chi connectivity index (χ1n) is 3.77. The quantitative estimate of drug-likeness (QED) is 0.499. The highest BCUT2D eigenvalue weighted by Gasteiger charge is 2.61. The molecule has 2 saturated heterocycles. The molecular formula is C7H11NO. The SMILES string of the molecule is NC1C[C@@H]2O[C@H]1[C@H]1C[C@H]12. The summed E-state index contributed by atoms with van der Waals surface area (Å²) in [7, 11) is 0. The lowest BCUT2D eigenvalue weighted by Gasteiger charge is -2.11. The Hall–Kier alpha value is -0.0800. The van der Waals surface area contributed by atoms with Crippen LogP contribution in [0.4, 0.5) is 0 Å². The fourth-order valence-electron chi connectivity index (χ4n) is 2.50. The van der Waals surface area contributed by atoms with Crippen LogP contribution in [-0.4, -0.2) is 18.2 Å². The predicted octanol–water partition coefficient (Wildman–Crippen LogP) is 0.121. The molecule has 2 aliphatic heterocycles. The van der Waals surface area contributed by atoms with Crippen LogP contribution in [0.3, 0.4) is 0 Å². The van der Waals surface area contributed by atoms with Crippen LogP contribution in [-0.2, 0) is 4.74 Å². The third-order valence-corrected chi connectivity index (χ3v) is 3.05. The summed E-state index contributed by atoms with van der Waals surface area (Å²) in [5, 5.41) is 0. The highest BCUT2D eigenvalue weighted by molar-refractivity contribution is 5.11. The molecule has 1 saturated carbocycles. The maximum atomic E-state index is 5.81. The summed E-state index contributed by atoms with van der Waals surface area (Å²) < 4.78 is 5.62. The molecule has 2 nitrogen and oxygen atoms in total. The third-order valence-electron chi connectivity index (χ3n) is 3.05.